The molecule has 0 unspecified atom stereocenters. The number of rotatable bonds is 6. The number of hydrogen-bond acceptors (Lipinski definition) is 4. The maximum atomic E-state index is 11.7. The molecule has 0 bridgehead atoms. The zero-order valence-electron chi connectivity index (χ0n) is 11.8. The van der Waals surface area contributed by atoms with Crippen molar-refractivity contribution in [2.45, 2.75) is 19.9 Å². The van der Waals surface area contributed by atoms with E-state index in [0.717, 1.165) is 11.3 Å². The average molecular weight is 303 g/mol. The third-order valence-electron chi connectivity index (χ3n) is 2.92. The molecule has 21 heavy (non-hydrogen) atoms. The predicted octanol–water partition coefficient (Wildman–Crippen LogP) is 1.46. The smallest absolute Gasteiger partial charge is 0.253 e. The van der Waals surface area contributed by atoms with E-state index in [1.54, 1.807) is 6.92 Å². The second-order valence-electron chi connectivity index (χ2n) is 4.70. The number of nitrogens with two attached hydrogens (primary N) is 1. The highest BCUT2D eigenvalue weighted by Crippen LogP contribution is 2.12. The molecular weight excluding hydrogens is 286 g/mol. The van der Waals surface area contributed by atoms with Gasteiger partial charge in [-0.05, 0) is 24.6 Å². The Morgan fingerprint density at radius 1 is 1.38 bits per heavy atom. The van der Waals surface area contributed by atoms with E-state index in [9.17, 15) is 4.79 Å². The maximum absolute atomic E-state index is 11.7. The van der Waals surface area contributed by atoms with Crippen molar-refractivity contribution in [2.75, 3.05) is 6.61 Å². The van der Waals surface area contributed by atoms with Gasteiger partial charge in [-0.15, -0.1) is 0 Å². The van der Waals surface area contributed by atoms with Crippen LogP contribution in [0.5, 0.6) is 5.75 Å². The molecule has 110 valence electrons. The van der Waals surface area contributed by atoms with Crippen LogP contribution < -0.4 is 16.0 Å². The number of benzene rings is 1. The van der Waals surface area contributed by atoms with E-state index in [1.165, 1.54) is 17.0 Å². The lowest BCUT2D eigenvalue weighted by Crippen LogP contribution is -2.23. The minimum atomic E-state index is -0.0714. The van der Waals surface area contributed by atoms with Gasteiger partial charge in [-0.3, -0.25) is 9.36 Å². The summed E-state index contributed by atoms with van der Waals surface area (Å²) in [6, 6.07) is 9.08. The van der Waals surface area contributed by atoms with E-state index in [-0.39, 0.29) is 5.56 Å². The van der Waals surface area contributed by atoms with Crippen LogP contribution in [0.25, 0.3) is 0 Å². The highest BCUT2D eigenvalue weighted by molar-refractivity contribution is 7.80. The number of aryl methyl sites for hydroxylation is 1. The van der Waals surface area contributed by atoms with Gasteiger partial charge < -0.3 is 10.5 Å². The molecule has 0 aliphatic heterocycles. The Balaban J connectivity index is 1.88. The first-order valence-corrected chi connectivity index (χ1v) is 6.98. The van der Waals surface area contributed by atoms with Crippen LogP contribution in [0.1, 0.15) is 11.3 Å². The normalized spacial score (nSPS) is 10.3. The molecule has 2 N–H and O–H groups in total. The first kappa shape index (κ1) is 15.2. The molecule has 2 rings (SSSR count). The van der Waals surface area contributed by atoms with Crippen LogP contribution in [0, 0.1) is 6.92 Å². The van der Waals surface area contributed by atoms with Crippen LogP contribution in [0.15, 0.2) is 41.5 Å². The fourth-order valence-electron chi connectivity index (χ4n) is 1.85. The van der Waals surface area contributed by atoms with Gasteiger partial charge in [0.1, 0.15) is 12.4 Å². The fourth-order valence-corrected chi connectivity index (χ4v) is 2.02. The van der Waals surface area contributed by atoms with Crippen molar-refractivity contribution in [2.24, 2.45) is 5.73 Å². The summed E-state index contributed by atoms with van der Waals surface area (Å²) in [6.45, 7) is 2.65. The van der Waals surface area contributed by atoms with Gasteiger partial charge in [0.15, 0.2) is 0 Å². The Labute approximate surface area is 128 Å². The van der Waals surface area contributed by atoms with Crippen molar-refractivity contribution in [3.05, 3.63) is 58.3 Å². The maximum Gasteiger partial charge on any atom is 0.253 e. The Morgan fingerprint density at radius 3 is 2.71 bits per heavy atom. The Kier molecular flexibility index (Phi) is 5.05. The minimum Gasteiger partial charge on any atom is -0.492 e. The average Bonchev–Trinajstić information content (AvgIpc) is 2.42. The van der Waals surface area contributed by atoms with Gasteiger partial charge in [-0.25, -0.2) is 4.98 Å². The van der Waals surface area contributed by atoms with Crippen molar-refractivity contribution < 1.29 is 4.74 Å². The number of hydrogen-bond donors (Lipinski definition) is 1. The van der Waals surface area contributed by atoms with Gasteiger partial charge in [0.25, 0.3) is 5.56 Å². The van der Waals surface area contributed by atoms with E-state index >= 15 is 0 Å². The van der Waals surface area contributed by atoms with Gasteiger partial charge in [-0.2, -0.15) is 0 Å². The van der Waals surface area contributed by atoms with Crippen LogP contribution in [0.4, 0.5) is 0 Å². The van der Waals surface area contributed by atoms with Crippen molar-refractivity contribution in [3.8, 4) is 5.75 Å². The molecule has 0 spiro atoms. The summed E-state index contributed by atoms with van der Waals surface area (Å²) in [5.74, 6) is 0.745. The lowest BCUT2D eigenvalue weighted by atomic mass is 10.1. The van der Waals surface area contributed by atoms with Crippen molar-refractivity contribution in [1.29, 1.82) is 0 Å². The number of nitrogens with zero attached hydrogens (tertiary/aromatic N) is 2. The highest BCUT2D eigenvalue weighted by Gasteiger charge is 2.00. The van der Waals surface area contributed by atoms with Crippen LogP contribution >= 0.6 is 12.2 Å². The molecule has 6 heteroatoms. The summed E-state index contributed by atoms with van der Waals surface area (Å²) in [6.07, 6.45) is 2.12. The number of ether oxygens (including phenoxy) is 1. The van der Waals surface area contributed by atoms with E-state index < -0.39 is 0 Å². The summed E-state index contributed by atoms with van der Waals surface area (Å²) in [5.41, 5.74) is 7.19. The van der Waals surface area contributed by atoms with Crippen molar-refractivity contribution in [3.63, 3.8) is 0 Å². The van der Waals surface area contributed by atoms with Gasteiger partial charge in [0.05, 0.1) is 17.9 Å². The van der Waals surface area contributed by atoms with Gasteiger partial charge in [-0.1, -0.05) is 24.4 Å². The Hall–Kier alpha value is -2.21. The summed E-state index contributed by atoms with van der Waals surface area (Å²) in [4.78, 5) is 16.2. The van der Waals surface area contributed by atoms with E-state index in [2.05, 4.69) is 4.98 Å². The van der Waals surface area contributed by atoms with Crippen molar-refractivity contribution in [1.82, 2.24) is 9.55 Å². The second kappa shape index (κ2) is 6.99. The molecule has 2 aromatic rings. The summed E-state index contributed by atoms with van der Waals surface area (Å²) in [5, 5.41) is 0. The van der Waals surface area contributed by atoms with Crippen LogP contribution in [0.3, 0.4) is 0 Å². The van der Waals surface area contributed by atoms with Crippen LogP contribution in [-0.4, -0.2) is 21.1 Å². The topological polar surface area (TPSA) is 70.1 Å². The molecule has 5 nitrogen and oxygen atoms in total. The third-order valence-corrected chi connectivity index (χ3v) is 3.06. The lowest BCUT2D eigenvalue weighted by molar-refractivity contribution is 0.295. The molecule has 0 radical (unpaired) electrons. The molecule has 1 heterocycles. The molecule has 1 aromatic heterocycles. The van der Waals surface area contributed by atoms with Crippen LogP contribution in [-0.2, 0) is 13.0 Å². The summed E-state index contributed by atoms with van der Waals surface area (Å²) in [7, 11) is 0. The lowest BCUT2D eigenvalue weighted by Gasteiger charge is -2.08. The number of aromatic nitrogens is 2. The monoisotopic (exact) mass is 303 g/mol. The first-order chi connectivity index (χ1) is 10.0. The summed E-state index contributed by atoms with van der Waals surface area (Å²) < 4.78 is 7.13. The summed E-state index contributed by atoms with van der Waals surface area (Å²) >= 11 is 4.86. The molecular formula is C15H17N3O2S. The first-order valence-electron chi connectivity index (χ1n) is 6.58. The van der Waals surface area contributed by atoms with Crippen LogP contribution in [0.2, 0.25) is 0 Å². The van der Waals surface area contributed by atoms with Gasteiger partial charge in [0.2, 0.25) is 0 Å². The second-order valence-corrected chi connectivity index (χ2v) is 5.22. The molecule has 0 amide bonds. The highest BCUT2D eigenvalue weighted by atomic mass is 32.1. The largest absolute Gasteiger partial charge is 0.492 e. The molecule has 0 aliphatic carbocycles. The molecule has 0 atom stereocenters. The Morgan fingerprint density at radius 2 is 2.10 bits per heavy atom. The molecule has 0 fully saturated rings. The quantitative estimate of drug-likeness (QED) is 0.818. The number of thiocarbonyl (C=S) groups is 1. The molecule has 0 aliphatic rings. The molecule has 0 saturated heterocycles. The fraction of sp³-hybridized carbons (Fsp3) is 0.267. The minimum absolute atomic E-state index is 0.0714. The van der Waals surface area contributed by atoms with E-state index in [0.29, 0.717) is 30.3 Å². The predicted molar refractivity (Wildman–Crippen MR) is 85.7 cm³/mol. The molecule has 0 saturated carbocycles. The Bertz CT molecular complexity index is 680. The van der Waals surface area contributed by atoms with E-state index in [1.807, 2.05) is 24.3 Å². The van der Waals surface area contributed by atoms with Gasteiger partial charge >= 0.3 is 0 Å². The van der Waals surface area contributed by atoms with Gasteiger partial charge in [0, 0.05) is 18.2 Å². The SMILES string of the molecule is Cc1cc(=O)n(CCOc2ccc(CC(N)=S)cc2)cn1. The standard InChI is InChI=1S/C15H17N3O2S/c1-11-8-15(19)18(10-17-11)6-7-20-13-4-2-12(3-5-13)9-14(16)21/h2-5,8,10H,6-7,9H2,1H3,(H2,16,21). The molecule has 1 aromatic carbocycles. The zero-order valence-corrected chi connectivity index (χ0v) is 12.6. The third kappa shape index (κ3) is 4.68. The van der Waals surface area contributed by atoms with E-state index in [4.69, 9.17) is 22.7 Å². The van der Waals surface area contributed by atoms with Crippen molar-refractivity contribution >= 4 is 17.2 Å². The zero-order chi connectivity index (χ0) is 15.2.